The van der Waals surface area contributed by atoms with Crippen LogP contribution in [-0.4, -0.2) is 27.1 Å². The molecule has 1 N–H and O–H groups in total. The fourth-order valence-corrected chi connectivity index (χ4v) is 4.00. The molecule has 1 aromatic heterocycles. The average molecular weight is 380 g/mol. The first-order valence-electron chi connectivity index (χ1n) is 9.09. The van der Waals surface area contributed by atoms with E-state index in [-0.39, 0.29) is 5.91 Å². The molecule has 0 spiro atoms. The molecule has 4 rings (SSSR count). The van der Waals surface area contributed by atoms with Gasteiger partial charge in [-0.1, -0.05) is 31.4 Å². The highest BCUT2D eigenvalue weighted by Gasteiger charge is 2.25. The van der Waals surface area contributed by atoms with Gasteiger partial charge in [0.15, 0.2) is 5.17 Å². The van der Waals surface area contributed by atoms with Gasteiger partial charge in [0.05, 0.1) is 17.1 Å². The number of aliphatic imine (C=N–C) groups is 1. The number of carbonyl (C=O) groups is 1. The van der Waals surface area contributed by atoms with Crippen molar-refractivity contribution in [3.05, 3.63) is 53.3 Å². The SMILES string of the molecule is O=C1NC(=NC2CCCCC2)S/C1=C/c1ccc(Oc2cnccn2)cc1. The molecule has 1 aromatic carbocycles. The van der Waals surface area contributed by atoms with E-state index in [9.17, 15) is 4.79 Å². The number of ether oxygens (including phenoxy) is 1. The number of hydrogen-bond donors (Lipinski definition) is 1. The molecule has 1 aliphatic carbocycles. The third-order valence-corrected chi connectivity index (χ3v) is 5.39. The highest BCUT2D eigenvalue weighted by atomic mass is 32.2. The van der Waals surface area contributed by atoms with Crippen molar-refractivity contribution >= 4 is 28.9 Å². The van der Waals surface area contributed by atoms with Gasteiger partial charge in [-0.2, -0.15) is 0 Å². The molecule has 27 heavy (non-hydrogen) atoms. The minimum Gasteiger partial charge on any atom is -0.438 e. The quantitative estimate of drug-likeness (QED) is 0.806. The first-order valence-corrected chi connectivity index (χ1v) is 9.90. The van der Waals surface area contributed by atoms with Crippen LogP contribution in [0, 0.1) is 0 Å². The number of aromatic nitrogens is 2. The van der Waals surface area contributed by atoms with E-state index in [4.69, 9.17) is 9.73 Å². The van der Waals surface area contributed by atoms with E-state index in [1.165, 1.54) is 31.0 Å². The minimum atomic E-state index is -0.0885. The lowest BCUT2D eigenvalue weighted by atomic mass is 9.96. The van der Waals surface area contributed by atoms with Gasteiger partial charge in [0, 0.05) is 12.4 Å². The van der Waals surface area contributed by atoms with Crippen molar-refractivity contribution in [1.82, 2.24) is 15.3 Å². The molecule has 138 valence electrons. The maximum Gasteiger partial charge on any atom is 0.264 e. The van der Waals surface area contributed by atoms with Crippen LogP contribution in [0.3, 0.4) is 0 Å². The molecule has 1 amide bonds. The lowest BCUT2D eigenvalue weighted by Crippen LogP contribution is -2.22. The van der Waals surface area contributed by atoms with Crippen molar-refractivity contribution < 1.29 is 9.53 Å². The van der Waals surface area contributed by atoms with Crippen LogP contribution in [-0.2, 0) is 4.79 Å². The number of thioether (sulfide) groups is 1. The first-order chi connectivity index (χ1) is 13.3. The second-order valence-electron chi connectivity index (χ2n) is 6.51. The van der Waals surface area contributed by atoms with Gasteiger partial charge >= 0.3 is 0 Å². The molecule has 0 bridgehead atoms. The molecule has 7 heteroatoms. The topological polar surface area (TPSA) is 76.5 Å². The number of nitrogens with one attached hydrogen (secondary N) is 1. The molecular weight excluding hydrogens is 360 g/mol. The summed E-state index contributed by atoms with van der Waals surface area (Å²) in [7, 11) is 0. The van der Waals surface area contributed by atoms with Gasteiger partial charge in [0.2, 0.25) is 5.88 Å². The summed E-state index contributed by atoms with van der Waals surface area (Å²) in [6.07, 6.45) is 12.6. The Morgan fingerprint density at radius 3 is 2.70 bits per heavy atom. The summed E-state index contributed by atoms with van der Waals surface area (Å²) in [5.41, 5.74) is 0.929. The van der Waals surface area contributed by atoms with E-state index in [1.54, 1.807) is 18.6 Å². The summed E-state index contributed by atoms with van der Waals surface area (Å²) in [6.45, 7) is 0. The van der Waals surface area contributed by atoms with Gasteiger partial charge in [-0.25, -0.2) is 4.98 Å². The number of rotatable bonds is 4. The Kier molecular flexibility index (Phi) is 5.48. The van der Waals surface area contributed by atoms with Gasteiger partial charge in [0.25, 0.3) is 5.91 Å². The Hall–Kier alpha value is -2.67. The number of carbonyl (C=O) groups excluding carboxylic acids is 1. The van der Waals surface area contributed by atoms with Crippen LogP contribution < -0.4 is 10.1 Å². The minimum absolute atomic E-state index is 0.0885. The van der Waals surface area contributed by atoms with E-state index in [0.717, 1.165) is 23.6 Å². The van der Waals surface area contributed by atoms with Crippen LogP contribution >= 0.6 is 11.8 Å². The summed E-state index contributed by atoms with van der Waals surface area (Å²) in [5.74, 6) is 1.02. The molecule has 1 saturated carbocycles. The summed E-state index contributed by atoms with van der Waals surface area (Å²) in [6, 6.07) is 7.84. The third kappa shape index (κ3) is 4.74. The molecule has 2 aromatic rings. The number of benzene rings is 1. The van der Waals surface area contributed by atoms with Gasteiger partial charge in [-0.3, -0.25) is 14.8 Å². The molecule has 1 aliphatic heterocycles. The lowest BCUT2D eigenvalue weighted by molar-refractivity contribution is -0.115. The lowest BCUT2D eigenvalue weighted by Gasteiger charge is -2.17. The second-order valence-corrected chi connectivity index (χ2v) is 7.54. The highest BCUT2D eigenvalue weighted by Crippen LogP contribution is 2.29. The number of hydrogen-bond acceptors (Lipinski definition) is 6. The van der Waals surface area contributed by atoms with E-state index < -0.39 is 0 Å². The van der Waals surface area contributed by atoms with Crippen LogP contribution in [0.25, 0.3) is 6.08 Å². The molecule has 0 atom stereocenters. The van der Waals surface area contributed by atoms with E-state index in [1.807, 2.05) is 30.3 Å². The van der Waals surface area contributed by atoms with Crippen molar-refractivity contribution in [2.24, 2.45) is 4.99 Å². The van der Waals surface area contributed by atoms with Gasteiger partial charge < -0.3 is 10.1 Å². The van der Waals surface area contributed by atoms with Crippen molar-refractivity contribution in [1.29, 1.82) is 0 Å². The smallest absolute Gasteiger partial charge is 0.264 e. The zero-order valence-electron chi connectivity index (χ0n) is 14.8. The monoisotopic (exact) mass is 380 g/mol. The van der Waals surface area contributed by atoms with E-state index in [0.29, 0.717) is 22.6 Å². The Balaban J connectivity index is 1.42. The molecule has 2 heterocycles. The zero-order valence-corrected chi connectivity index (χ0v) is 15.6. The van der Waals surface area contributed by atoms with Crippen molar-refractivity contribution in [3.63, 3.8) is 0 Å². The first kappa shape index (κ1) is 17.7. The normalized spacial score (nSPS) is 20.8. The Morgan fingerprint density at radius 2 is 1.96 bits per heavy atom. The maximum atomic E-state index is 12.2. The Labute approximate surface area is 162 Å². The van der Waals surface area contributed by atoms with Crippen molar-refractivity contribution in [2.45, 2.75) is 38.1 Å². The Bertz CT molecular complexity index is 859. The van der Waals surface area contributed by atoms with Crippen LogP contribution in [0.15, 0.2) is 52.8 Å². The number of nitrogens with zero attached hydrogens (tertiary/aromatic N) is 3. The molecule has 2 aliphatic rings. The zero-order chi connectivity index (χ0) is 18.5. The van der Waals surface area contributed by atoms with E-state index in [2.05, 4.69) is 15.3 Å². The predicted octanol–water partition coefficient (Wildman–Crippen LogP) is 4.16. The van der Waals surface area contributed by atoms with Crippen LogP contribution in [0.2, 0.25) is 0 Å². The summed E-state index contributed by atoms with van der Waals surface area (Å²) in [4.78, 5) is 25.6. The third-order valence-electron chi connectivity index (χ3n) is 4.47. The fourth-order valence-electron chi connectivity index (χ4n) is 3.11. The van der Waals surface area contributed by atoms with Crippen LogP contribution in [0.5, 0.6) is 11.6 Å². The summed E-state index contributed by atoms with van der Waals surface area (Å²) < 4.78 is 5.63. The molecule has 2 fully saturated rings. The number of amidine groups is 1. The molecule has 0 radical (unpaired) electrons. The van der Waals surface area contributed by atoms with Crippen LogP contribution in [0.1, 0.15) is 37.7 Å². The standard InChI is InChI=1S/C20H20N4O2S/c25-19-17(27-20(24-19)23-15-4-2-1-3-5-15)12-14-6-8-16(9-7-14)26-18-13-21-10-11-22-18/h6-13,15H,1-5H2,(H,23,24,25)/b17-12+. The van der Waals surface area contributed by atoms with E-state index >= 15 is 0 Å². The largest absolute Gasteiger partial charge is 0.438 e. The Morgan fingerprint density at radius 1 is 1.15 bits per heavy atom. The molecule has 1 saturated heterocycles. The summed E-state index contributed by atoms with van der Waals surface area (Å²) >= 11 is 1.42. The average Bonchev–Trinajstić information content (AvgIpc) is 3.04. The van der Waals surface area contributed by atoms with Crippen molar-refractivity contribution in [3.8, 4) is 11.6 Å². The highest BCUT2D eigenvalue weighted by molar-refractivity contribution is 8.18. The maximum absolute atomic E-state index is 12.2. The van der Waals surface area contributed by atoms with Gasteiger partial charge in [-0.05, 0) is 48.4 Å². The molecular formula is C20H20N4O2S. The van der Waals surface area contributed by atoms with Gasteiger partial charge in [-0.15, -0.1) is 0 Å². The van der Waals surface area contributed by atoms with Gasteiger partial charge in [0.1, 0.15) is 5.75 Å². The fraction of sp³-hybridized carbons (Fsp3) is 0.300. The predicted molar refractivity (Wildman–Crippen MR) is 107 cm³/mol. The van der Waals surface area contributed by atoms with Crippen LogP contribution in [0.4, 0.5) is 0 Å². The molecule has 6 nitrogen and oxygen atoms in total. The molecule has 0 unspecified atom stereocenters. The van der Waals surface area contributed by atoms with Crippen molar-refractivity contribution in [2.75, 3.05) is 0 Å². The summed E-state index contributed by atoms with van der Waals surface area (Å²) in [5, 5.41) is 3.60. The number of amides is 1. The second kappa shape index (κ2) is 8.35.